The van der Waals surface area contributed by atoms with Gasteiger partial charge in [0.1, 0.15) is 5.75 Å². The SMILES string of the molecule is CCN1C[C@H]2[C@@H](c3c(OC)ccc4ccccc34)N[C@](CO)(CCO)[C@H]2C1. The van der Waals surface area contributed by atoms with Crippen LogP contribution >= 0.6 is 0 Å². The van der Waals surface area contributed by atoms with Gasteiger partial charge >= 0.3 is 0 Å². The normalized spacial score (nSPS) is 30.7. The van der Waals surface area contributed by atoms with E-state index < -0.39 is 5.54 Å². The molecule has 146 valence electrons. The molecule has 2 saturated heterocycles. The van der Waals surface area contributed by atoms with Gasteiger partial charge in [0.25, 0.3) is 0 Å². The first kappa shape index (κ1) is 18.7. The lowest BCUT2D eigenvalue weighted by Gasteiger charge is -2.34. The van der Waals surface area contributed by atoms with E-state index in [-0.39, 0.29) is 19.3 Å². The van der Waals surface area contributed by atoms with Gasteiger partial charge in [-0.05, 0) is 41.6 Å². The predicted molar refractivity (Wildman–Crippen MR) is 107 cm³/mol. The Morgan fingerprint density at radius 3 is 2.70 bits per heavy atom. The van der Waals surface area contributed by atoms with E-state index in [4.69, 9.17) is 4.74 Å². The Kier molecular flexibility index (Phi) is 5.12. The molecule has 2 aliphatic rings. The van der Waals surface area contributed by atoms with Gasteiger partial charge in [-0.2, -0.15) is 0 Å². The van der Waals surface area contributed by atoms with Crippen molar-refractivity contribution in [1.29, 1.82) is 0 Å². The van der Waals surface area contributed by atoms with Crippen LogP contribution in [0.3, 0.4) is 0 Å². The molecule has 0 aromatic heterocycles. The maximum atomic E-state index is 10.3. The van der Waals surface area contributed by atoms with Crippen LogP contribution in [0.2, 0.25) is 0 Å². The van der Waals surface area contributed by atoms with Crippen LogP contribution in [0.4, 0.5) is 0 Å². The van der Waals surface area contributed by atoms with Crippen LogP contribution in [0.5, 0.6) is 5.75 Å². The second kappa shape index (κ2) is 7.40. The lowest BCUT2D eigenvalue weighted by atomic mass is 9.78. The molecule has 0 unspecified atom stereocenters. The first-order valence-electron chi connectivity index (χ1n) is 9.94. The Morgan fingerprint density at radius 1 is 1.19 bits per heavy atom. The van der Waals surface area contributed by atoms with Gasteiger partial charge < -0.3 is 25.2 Å². The Hall–Kier alpha value is -1.66. The quantitative estimate of drug-likeness (QED) is 0.727. The second-order valence-electron chi connectivity index (χ2n) is 7.94. The highest BCUT2D eigenvalue weighted by Gasteiger charge is 2.56. The Morgan fingerprint density at radius 2 is 2.00 bits per heavy atom. The number of ether oxygens (including phenoxy) is 1. The molecule has 27 heavy (non-hydrogen) atoms. The Balaban J connectivity index is 1.85. The van der Waals surface area contributed by atoms with Crippen LogP contribution in [-0.2, 0) is 0 Å². The van der Waals surface area contributed by atoms with Crippen molar-refractivity contribution in [3.05, 3.63) is 42.0 Å². The monoisotopic (exact) mass is 370 g/mol. The molecule has 0 spiro atoms. The molecule has 4 rings (SSSR count). The first-order chi connectivity index (χ1) is 13.2. The van der Waals surface area contributed by atoms with Crippen molar-refractivity contribution in [2.45, 2.75) is 24.9 Å². The number of aliphatic hydroxyl groups excluding tert-OH is 2. The lowest BCUT2D eigenvalue weighted by Crippen LogP contribution is -2.51. The summed E-state index contributed by atoms with van der Waals surface area (Å²) in [6.07, 6.45) is 0.561. The maximum Gasteiger partial charge on any atom is 0.124 e. The largest absolute Gasteiger partial charge is 0.496 e. The highest BCUT2D eigenvalue weighted by molar-refractivity contribution is 5.88. The molecule has 5 nitrogen and oxygen atoms in total. The average Bonchev–Trinajstić information content (AvgIpc) is 3.26. The van der Waals surface area contributed by atoms with E-state index in [0.717, 1.165) is 25.4 Å². The van der Waals surface area contributed by atoms with Gasteiger partial charge in [-0.15, -0.1) is 0 Å². The average molecular weight is 370 g/mol. The van der Waals surface area contributed by atoms with Gasteiger partial charge in [0.05, 0.1) is 13.7 Å². The summed E-state index contributed by atoms with van der Waals surface area (Å²) in [4.78, 5) is 2.46. The fourth-order valence-electron chi connectivity index (χ4n) is 5.38. The number of hydrogen-bond donors (Lipinski definition) is 3. The molecule has 5 heteroatoms. The molecule has 2 aromatic rings. The molecule has 2 fully saturated rings. The summed E-state index contributed by atoms with van der Waals surface area (Å²) in [5, 5.41) is 26.2. The molecule has 2 aromatic carbocycles. The Bertz CT molecular complexity index is 811. The molecule has 2 heterocycles. The zero-order valence-electron chi connectivity index (χ0n) is 16.2. The van der Waals surface area contributed by atoms with E-state index in [2.05, 4.69) is 47.5 Å². The fourth-order valence-corrected chi connectivity index (χ4v) is 5.38. The third kappa shape index (κ3) is 2.93. The van der Waals surface area contributed by atoms with E-state index in [1.807, 2.05) is 6.07 Å². The molecule has 3 N–H and O–H groups in total. The zero-order chi connectivity index (χ0) is 19.0. The van der Waals surface area contributed by atoms with Gasteiger partial charge in [-0.25, -0.2) is 0 Å². The third-order valence-corrected chi connectivity index (χ3v) is 6.77. The van der Waals surface area contributed by atoms with Crippen LogP contribution in [0.15, 0.2) is 36.4 Å². The number of nitrogens with one attached hydrogen (secondary N) is 1. The van der Waals surface area contributed by atoms with Crippen molar-refractivity contribution in [2.24, 2.45) is 11.8 Å². The maximum absolute atomic E-state index is 10.3. The standard InChI is InChI=1S/C22H30N2O3/c1-3-24-12-17-18(13-24)22(14-26,10-11-25)23-21(17)20-16-7-5-4-6-15(16)8-9-19(20)27-2/h4-9,17-18,21,23,25-26H,3,10-14H2,1-2H3/t17-,18+,21+,22+/m1/s1. The van der Waals surface area contributed by atoms with E-state index in [0.29, 0.717) is 18.3 Å². The second-order valence-corrected chi connectivity index (χ2v) is 7.94. The topological polar surface area (TPSA) is 65.0 Å². The van der Waals surface area contributed by atoms with Crippen molar-refractivity contribution in [2.75, 3.05) is 40.0 Å². The Labute approximate surface area is 160 Å². The van der Waals surface area contributed by atoms with E-state index >= 15 is 0 Å². The summed E-state index contributed by atoms with van der Waals surface area (Å²) in [6.45, 7) is 5.26. The zero-order valence-corrected chi connectivity index (χ0v) is 16.2. The van der Waals surface area contributed by atoms with Crippen molar-refractivity contribution in [3.8, 4) is 5.75 Å². The summed E-state index contributed by atoms with van der Waals surface area (Å²) in [5.74, 6) is 1.57. The minimum atomic E-state index is -0.448. The van der Waals surface area contributed by atoms with Gasteiger partial charge in [-0.1, -0.05) is 37.3 Å². The number of aliphatic hydroxyl groups is 2. The van der Waals surface area contributed by atoms with Gasteiger partial charge in [0, 0.05) is 36.8 Å². The van der Waals surface area contributed by atoms with E-state index in [1.54, 1.807) is 7.11 Å². The number of nitrogens with zero attached hydrogens (tertiary/aromatic N) is 1. The molecule has 0 aliphatic carbocycles. The van der Waals surface area contributed by atoms with Crippen LogP contribution in [0, 0.1) is 11.8 Å². The molecule has 0 saturated carbocycles. The van der Waals surface area contributed by atoms with Crippen molar-refractivity contribution < 1.29 is 14.9 Å². The highest BCUT2D eigenvalue weighted by Crippen LogP contribution is 2.51. The first-order valence-corrected chi connectivity index (χ1v) is 9.94. The molecule has 4 atom stereocenters. The van der Waals surface area contributed by atoms with Gasteiger partial charge in [-0.3, -0.25) is 0 Å². The minimum absolute atomic E-state index is 0.0376. The number of benzene rings is 2. The number of likely N-dealkylation sites (tertiary alicyclic amines) is 1. The highest BCUT2D eigenvalue weighted by atomic mass is 16.5. The lowest BCUT2D eigenvalue weighted by molar-refractivity contribution is 0.0979. The van der Waals surface area contributed by atoms with E-state index in [1.165, 1.54) is 16.3 Å². The van der Waals surface area contributed by atoms with Crippen molar-refractivity contribution in [3.63, 3.8) is 0 Å². The van der Waals surface area contributed by atoms with Gasteiger partial charge in [0.2, 0.25) is 0 Å². The number of rotatable bonds is 6. The summed E-state index contributed by atoms with van der Waals surface area (Å²) in [7, 11) is 1.72. The number of fused-ring (bicyclic) bond motifs is 2. The summed E-state index contributed by atoms with van der Waals surface area (Å²) >= 11 is 0. The number of hydrogen-bond acceptors (Lipinski definition) is 5. The predicted octanol–water partition coefficient (Wildman–Crippen LogP) is 2.17. The molecule has 0 bridgehead atoms. The van der Waals surface area contributed by atoms with Crippen molar-refractivity contribution in [1.82, 2.24) is 10.2 Å². The van der Waals surface area contributed by atoms with Crippen molar-refractivity contribution >= 4 is 10.8 Å². The molecular weight excluding hydrogens is 340 g/mol. The summed E-state index contributed by atoms with van der Waals surface area (Å²) in [5.41, 5.74) is 0.729. The van der Waals surface area contributed by atoms with Crippen LogP contribution in [-0.4, -0.2) is 60.6 Å². The van der Waals surface area contributed by atoms with Crippen LogP contribution in [0.1, 0.15) is 24.9 Å². The van der Waals surface area contributed by atoms with E-state index in [9.17, 15) is 10.2 Å². The van der Waals surface area contributed by atoms with Gasteiger partial charge in [0.15, 0.2) is 0 Å². The molecule has 0 radical (unpaired) electrons. The molecule has 2 aliphatic heterocycles. The van der Waals surface area contributed by atoms with Crippen LogP contribution < -0.4 is 10.1 Å². The summed E-state index contributed by atoms with van der Waals surface area (Å²) < 4.78 is 5.76. The van der Waals surface area contributed by atoms with Crippen LogP contribution in [0.25, 0.3) is 10.8 Å². The molecular formula is C22H30N2O3. The minimum Gasteiger partial charge on any atom is -0.496 e. The third-order valence-electron chi connectivity index (χ3n) is 6.77. The smallest absolute Gasteiger partial charge is 0.124 e. The number of methoxy groups -OCH3 is 1. The fraction of sp³-hybridized carbons (Fsp3) is 0.545. The summed E-state index contributed by atoms with van der Waals surface area (Å²) in [6, 6.07) is 12.6. The molecule has 0 amide bonds.